The normalized spacial score (nSPS) is 24.3. The molecule has 0 unspecified atom stereocenters. The number of thiophene rings is 1. The lowest BCUT2D eigenvalue weighted by Crippen LogP contribution is -2.61. The van der Waals surface area contributed by atoms with Gasteiger partial charge in [-0.15, -0.1) is 17.8 Å². The number of aliphatic hydroxyl groups excluding tert-OH is 1. The minimum atomic E-state index is -0.516. The van der Waals surface area contributed by atoms with Gasteiger partial charge in [0.1, 0.15) is 23.1 Å². The van der Waals surface area contributed by atoms with Gasteiger partial charge in [-0.2, -0.15) is 15.1 Å². The van der Waals surface area contributed by atoms with Crippen LogP contribution in [-0.2, 0) is 5.54 Å². The molecule has 8 heterocycles. The van der Waals surface area contributed by atoms with Crippen LogP contribution in [0.1, 0.15) is 50.7 Å². The summed E-state index contributed by atoms with van der Waals surface area (Å²) in [4.78, 5) is 23.1. The first-order valence-electron chi connectivity index (χ1n) is 20.2. The molecule has 4 aliphatic rings. The van der Waals surface area contributed by atoms with Crippen molar-refractivity contribution in [2.45, 2.75) is 68.8 Å². The average Bonchev–Trinajstić information content (AvgIpc) is 4.06. The lowest BCUT2D eigenvalue weighted by molar-refractivity contribution is 0.0221. The second kappa shape index (κ2) is 13.5. The maximum absolute atomic E-state index is 15.5. The highest BCUT2D eigenvalue weighted by Crippen LogP contribution is 2.49. The van der Waals surface area contributed by atoms with Crippen LogP contribution in [0, 0.1) is 18.2 Å². The summed E-state index contributed by atoms with van der Waals surface area (Å²) in [5.74, 6) is 2.86. The third-order valence-corrected chi connectivity index (χ3v) is 14.7. The van der Waals surface area contributed by atoms with E-state index in [9.17, 15) is 9.50 Å². The molecule has 298 valence electrons. The number of fused-ring (bicyclic) bond motifs is 8. The third kappa shape index (κ3) is 5.53. The molecule has 13 heteroatoms. The SMILES string of the molecule is C#Cc1c(F)ccc2cc3[nH]ncc3c(-c3nccc4c3sc3nc(OC[C@@]56CCCN5C/C(=C\F)C6)nc(N5C[C@@H]6C[C@H](O)[C@H](C5)N6C(C)(C)c5ccccc5)c34)c12. The maximum atomic E-state index is 15.5. The van der Waals surface area contributed by atoms with Gasteiger partial charge in [0.25, 0.3) is 0 Å². The monoisotopic (exact) mass is 808 g/mol. The Kier molecular flexibility index (Phi) is 8.37. The Bertz CT molecular complexity index is 2910. The average molecular weight is 809 g/mol. The second-order valence-corrected chi connectivity index (χ2v) is 18.1. The largest absolute Gasteiger partial charge is 0.461 e. The lowest BCUT2D eigenvalue weighted by Gasteiger charge is -2.50. The number of pyridine rings is 1. The summed E-state index contributed by atoms with van der Waals surface area (Å²) in [5, 5.41) is 23.0. The van der Waals surface area contributed by atoms with Crippen LogP contribution >= 0.6 is 11.3 Å². The van der Waals surface area contributed by atoms with Crippen molar-refractivity contribution in [3.05, 3.63) is 95.8 Å². The predicted octanol–water partition coefficient (Wildman–Crippen LogP) is 8.09. The highest BCUT2D eigenvalue weighted by molar-refractivity contribution is 7.26. The molecule has 0 spiro atoms. The molecule has 11 rings (SSSR count). The molecule has 4 aliphatic heterocycles. The van der Waals surface area contributed by atoms with E-state index >= 15 is 4.39 Å². The topological polar surface area (TPSA) is 107 Å². The van der Waals surface area contributed by atoms with Crippen LogP contribution in [0.25, 0.3) is 53.2 Å². The standard InChI is InChI=1S/C46H42F2N8O2S/c1-4-30-33(48)12-11-27-17-34-32(21-50-53-34)38(37(27)30)40-41-31(13-15-49-40)39-42(51-44(52-43(39)59-41)58-25-46-14-8-16-55(46)22-26(19-46)20-47)54-23-29-18-36(57)35(24-54)56(29)45(2,3)28-9-6-5-7-10-28/h1,5-7,9-13,15,17,20-21,29,35-36,57H,8,14,16,18-19,22-25H2,2-3H3,(H,50,53)/b26-20-/t29-,35-,36-,46-/m0/s1. The summed E-state index contributed by atoms with van der Waals surface area (Å²) in [5.41, 5.74) is 3.64. The van der Waals surface area contributed by atoms with Crippen molar-refractivity contribution in [3.8, 4) is 29.6 Å². The van der Waals surface area contributed by atoms with E-state index in [1.165, 1.54) is 23.0 Å². The Morgan fingerprint density at radius 2 is 1.98 bits per heavy atom. The molecule has 4 fully saturated rings. The van der Waals surface area contributed by atoms with Gasteiger partial charge in [-0.3, -0.25) is 19.9 Å². The fraction of sp³-hybridized carbons (Fsp3) is 0.348. The first-order chi connectivity index (χ1) is 28.7. The number of terminal acetylenes is 1. The molecular weight excluding hydrogens is 767 g/mol. The van der Waals surface area contributed by atoms with Crippen LogP contribution in [0.5, 0.6) is 6.01 Å². The van der Waals surface area contributed by atoms with E-state index in [-0.39, 0.29) is 34.7 Å². The van der Waals surface area contributed by atoms with Crippen molar-refractivity contribution >= 4 is 59.1 Å². The van der Waals surface area contributed by atoms with E-state index in [0.29, 0.717) is 55.7 Å². The second-order valence-electron chi connectivity index (χ2n) is 17.1. The van der Waals surface area contributed by atoms with Gasteiger partial charge in [0.2, 0.25) is 0 Å². The Morgan fingerprint density at radius 3 is 2.80 bits per heavy atom. The number of aromatic amines is 1. The highest BCUT2D eigenvalue weighted by atomic mass is 32.1. The van der Waals surface area contributed by atoms with Crippen LogP contribution in [0.2, 0.25) is 0 Å². The van der Waals surface area contributed by atoms with E-state index in [1.54, 1.807) is 18.5 Å². The molecule has 10 nitrogen and oxygen atoms in total. The molecule has 0 radical (unpaired) electrons. The molecule has 0 aliphatic carbocycles. The Hall–Kier alpha value is -5.52. The van der Waals surface area contributed by atoms with Gasteiger partial charge in [0, 0.05) is 59.1 Å². The zero-order chi connectivity index (χ0) is 40.2. The summed E-state index contributed by atoms with van der Waals surface area (Å²) < 4.78 is 36.7. The van der Waals surface area contributed by atoms with Gasteiger partial charge in [-0.05, 0) is 80.8 Å². The molecule has 59 heavy (non-hydrogen) atoms. The van der Waals surface area contributed by atoms with Crippen molar-refractivity contribution in [2.24, 2.45) is 0 Å². The van der Waals surface area contributed by atoms with Gasteiger partial charge in [0.15, 0.2) is 0 Å². The van der Waals surface area contributed by atoms with E-state index in [4.69, 9.17) is 26.1 Å². The Labute approximate surface area is 343 Å². The Morgan fingerprint density at radius 1 is 1.12 bits per heavy atom. The predicted molar refractivity (Wildman–Crippen MR) is 228 cm³/mol. The first-order valence-corrected chi connectivity index (χ1v) is 21.1. The van der Waals surface area contributed by atoms with Gasteiger partial charge in [-0.1, -0.05) is 42.3 Å². The van der Waals surface area contributed by atoms with E-state index in [0.717, 1.165) is 73.7 Å². The summed E-state index contributed by atoms with van der Waals surface area (Å²) in [6, 6.07) is 17.7. The molecule has 4 saturated heterocycles. The molecule has 0 saturated carbocycles. The highest BCUT2D eigenvalue weighted by Gasteiger charge is 2.52. The maximum Gasteiger partial charge on any atom is 0.319 e. The zero-order valence-electron chi connectivity index (χ0n) is 32.8. The van der Waals surface area contributed by atoms with E-state index in [1.807, 2.05) is 18.2 Å². The Balaban J connectivity index is 1.08. The fourth-order valence-electron chi connectivity index (χ4n) is 10.9. The number of benzene rings is 3. The summed E-state index contributed by atoms with van der Waals surface area (Å²) >= 11 is 1.49. The molecule has 2 bridgehead atoms. The number of piperazine rings is 1. The van der Waals surface area contributed by atoms with Crippen LogP contribution < -0.4 is 9.64 Å². The molecule has 4 atom stereocenters. The molecular formula is C46H42F2N8O2S. The zero-order valence-corrected chi connectivity index (χ0v) is 33.6. The minimum absolute atomic E-state index is 0.0490. The number of hydrogen-bond acceptors (Lipinski definition) is 10. The number of nitrogens with zero attached hydrogens (tertiary/aromatic N) is 7. The number of halogens is 2. The molecule has 0 amide bonds. The molecule has 3 aromatic carbocycles. The van der Waals surface area contributed by atoms with Crippen molar-refractivity contribution in [1.82, 2.24) is 34.9 Å². The first kappa shape index (κ1) is 36.6. The number of aromatic nitrogens is 5. The van der Waals surface area contributed by atoms with Gasteiger partial charge in [0.05, 0.1) is 57.1 Å². The van der Waals surface area contributed by atoms with E-state index in [2.05, 4.69) is 68.9 Å². The van der Waals surface area contributed by atoms with Crippen molar-refractivity contribution in [1.29, 1.82) is 0 Å². The van der Waals surface area contributed by atoms with Gasteiger partial charge >= 0.3 is 6.01 Å². The smallest absolute Gasteiger partial charge is 0.319 e. The number of nitrogens with one attached hydrogen (secondary N) is 1. The molecule has 4 aromatic heterocycles. The lowest BCUT2D eigenvalue weighted by atomic mass is 9.89. The minimum Gasteiger partial charge on any atom is -0.461 e. The van der Waals surface area contributed by atoms with Crippen LogP contribution in [-0.4, -0.2) is 96.6 Å². The summed E-state index contributed by atoms with van der Waals surface area (Å²) in [7, 11) is 0. The number of H-pyrrole nitrogens is 1. The summed E-state index contributed by atoms with van der Waals surface area (Å²) in [6.07, 6.45) is 12.9. The van der Waals surface area contributed by atoms with Gasteiger partial charge in [-0.25, -0.2) is 8.78 Å². The third-order valence-electron chi connectivity index (χ3n) is 13.6. The quantitative estimate of drug-likeness (QED) is 0.155. The van der Waals surface area contributed by atoms with Gasteiger partial charge < -0.3 is 14.7 Å². The number of aliphatic hydroxyl groups is 1. The number of anilines is 1. The summed E-state index contributed by atoms with van der Waals surface area (Å²) in [6.45, 7) is 7.51. The fourth-order valence-corrected chi connectivity index (χ4v) is 12.1. The van der Waals surface area contributed by atoms with E-state index < -0.39 is 11.9 Å². The van der Waals surface area contributed by atoms with Crippen LogP contribution in [0.15, 0.2) is 78.9 Å². The van der Waals surface area contributed by atoms with Crippen LogP contribution in [0.3, 0.4) is 0 Å². The number of ether oxygens (including phenoxy) is 1. The molecule has 2 N–H and O–H groups in total. The van der Waals surface area contributed by atoms with Crippen molar-refractivity contribution < 1.29 is 18.6 Å². The molecule has 7 aromatic rings. The van der Waals surface area contributed by atoms with Crippen molar-refractivity contribution in [2.75, 3.05) is 37.7 Å². The van der Waals surface area contributed by atoms with Crippen molar-refractivity contribution in [3.63, 3.8) is 0 Å². The number of hydrogen-bond donors (Lipinski definition) is 2. The van der Waals surface area contributed by atoms with Crippen LogP contribution in [0.4, 0.5) is 14.6 Å². The number of rotatable bonds is 7.